The highest BCUT2D eigenvalue weighted by atomic mass is 16.5. The SMILES string of the molecule is CC(C)(C)OC=O.N#CCC(=O)C1CCCN1. The van der Waals surface area contributed by atoms with Crippen LogP contribution in [0.25, 0.3) is 0 Å². The quantitative estimate of drug-likeness (QED) is 0.749. The number of rotatable bonds is 3. The summed E-state index contributed by atoms with van der Waals surface area (Å²) in [6.07, 6.45) is 2.01. The number of Topliss-reactive ketones (excluding diaryl/α,β-unsaturated/α-hetero) is 1. The Morgan fingerprint density at radius 2 is 2.24 bits per heavy atom. The number of ether oxygens (including phenoxy) is 1. The summed E-state index contributed by atoms with van der Waals surface area (Å²) in [5, 5.41) is 11.2. The summed E-state index contributed by atoms with van der Waals surface area (Å²) in [5.41, 5.74) is -0.318. The minimum atomic E-state index is -0.318. The van der Waals surface area contributed by atoms with E-state index in [1.807, 2.05) is 26.8 Å². The summed E-state index contributed by atoms with van der Waals surface area (Å²) < 4.78 is 4.55. The van der Waals surface area contributed by atoms with Crippen molar-refractivity contribution < 1.29 is 14.3 Å². The molecule has 1 rings (SSSR count). The molecule has 1 heterocycles. The molecule has 0 spiro atoms. The van der Waals surface area contributed by atoms with Crippen LogP contribution in [0.2, 0.25) is 0 Å². The summed E-state index contributed by atoms with van der Waals surface area (Å²) in [6, 6.07) is 1.83. The van der Waals surface area contributed by atoms with Crippen molar-refractivity contribution in [1.82, 2.24) is 5.32 Å². The summed E-state index contributed by atoms with van der Waals surface area (Å²) in [7, 11) is 0. The van der Waals surface area contributed by atoms with Crippen LogP contribution in [0.5, 0.6) is 0 Å². The lowest BCUT2D eigenvalue weighted by molar-refractivity contribution is -0.138. The Hall–Kier alpha value is -1.41. The van der Waals surface area contributed by atoms with Gasteiger partial charge in [-0.25, -0.2) is 0 Å². The Bertz CT molecular complexity index is 283. The van der Waals surface area contributed by atoms with Crippen LogP contribution < -0.4 is 5.32 Å². The molecule has 1 aliphatic rings. The molecule has 17 heavy (non-hydrogen) atoms. The molecule has 0 aromatic rings. The van der Waals surface area contributed by atoms with Gasteiger partial charge in [-0.3, -0.25) is 9.59 Å². The predicted octanol–water partition coefficient (Wildman–Crippen LogP) is 1.18. The van der Waals surface area contributed by atoms with Gasteiger partial charge in [0.15, 0.2) is 5.78 Å². The van der Waals surface area contributed by atoms with E-state index in [2.05, 4.69) is 10.1 Å². The zero-order valence-electron chi connectivity index (χ0n) is 10.7. The van der Waals surface area contributed by atoms with Gasteiger partial charge in [0.05, 0.1) is 18.5 Å². The van der Waals surface area contributed by atoms with Gasteiger partial charge in [-0.1, -0.05) is 0 Å². The maximum absolute atomic E-state index is 11.0. The van der Waals surface area contributed by atoms with Crippen molar-refractivity contribution in [3.8, 4) is 6.07 Å². The number of hydrogen-bond donors (Lipinski definition) is 1. The normalized spacial score (nSPS) is 18.6. The summed E-state index contributed by atoms with van der Waals surface area (Å²) in [6.45, 7) is 6.84. The lowest BCUT2D eigenvalue weighted by Gasteiger charge is -2.14. The molecule has 1 N–H and O–H groups in total. The molecule has 1 aliphatic heterocycles. The summed E-state index contributed by atoms with van der Waals surface area (Å²) in [4.78, 5) is 20.6. The van der Waals surface area contributed by atoms with E-state index in [9.17, 15) is 9.59 Å². The highest BCUT2D eigenvalue weighted by molar-refractivity contribution is 5.85. The Balaban J connectivity index is 0.000000325. The minimum absolute atomic E-state index is 0.0281. The van der Waals surface area contributed by atoms with Crippen molar-refractivity contribution in [2.45, 2.75) is 51.7 Å². The fourth-order valence-electron chi connectivity index (χ4n) is 1.30. The fourth-order valence-corrected chi connectivity index (χ4v) is 1.30. The molecule has 0 radical (unpaired) electrons. The highest BCUT2D eigenvalue weighted by Gasteiger charge is 2.20. The molecule has 1 saturated heterocycles. The van der Waals surface area contributed by atoms with Crippen molar-refractivity contribution >= 4 is 12.3 Å². The first-order chi connectivity index (χ1) is 7.90. The average Bonchev–Trinajstić information content (AvgIpc) is 2.69. The third kappa shape index (κ3) is 8.40. The Morgan fingerprint density at radius 3 is 2.53 bits per heavy atom. The molecule has 0 amide bonds. The molecule has 5 nitrogen and oxygen atoms in total. The lowest BCUT2D eigenvalue weighted by Crippen LogP contribution is -2.30. The van der Waals surface area contributed by atoms with Gasteiger partial charge < -0.3 is 10.1 Å². The second kappa shape index (κ2) is 7.80. The van der Waals surface area contributed by atoms with Gasteiger partial charge in [0.2, 0.25) is 0 Å². The number of carbonyl (C=O) groups excluding carboxylic acids is 2. The zero-order valence-corrected chi connectivity index (χ0v) is 10.7. The van der Waals surface area contributed by atoms with Crippen LogP contribution in [-0.4, -0.2) is 30.4 Å². The van der Waals surface area contributed by atoms with E-state index in [0.29, 0.717) is 6.47 Å². The summed E-state index contributed by atoms with van der Waals surface area (Å²) in [5.74, 6) is 0.0417. The van der Waals surface area contributed by atoms with Gasteiger partial charge in [0, 0.05) is 0 Å². The Kier molecular flexibility index (Phi) is 7.15. The average molecular weight is 240 g/mol. The minimum Gasteiger partial charge on any atom is -0.462 e. The molecular weight excluding hydrogens is 220 g/mol. The molecule has 0 bridgehead atoms. The van der Waals surface area contributed by atoms with Crippen molar-refractivity contribution in [1.29, 1.82) is 5.26 Å². The second-order valence-corrected chi connectivity index (χ2v) is 4.78. The third-order valence-corrected chi connectivity index (χ3v) is 2.10. The lowest BCUT2D eigenvalue weighted by atomic mass is 10.1. The second-order valence-electron chi connectivity index (χ2n) is 4.78. The standard InChI is InChI=1S/C7H10N2O.C5H10O2/c8-4-3-7(10)6-2-1-5-9-6;1-5(2,3)7-4-6/h6,9H,1-3,5H2;4H,1-3H3. The molecule has 1 atom stereocenters. The molecule has 1 unspecified atom stereocenters. The van der Waals surface area contributed by atoms with Crippen LogP contribution in [0.4, 0.5) is 0 Å². The maximum atomic E-state index is 11.0. The third-order valence-electron chi connectivity index (χ3n) is 2.10. The smallest absolute Gasteiger partial charge is 0.293 e. The van der Waals surface area contributed by atoms with Gasteiger partial charge in [-0.15, -0.1) is 0 Å². The van der Waals surface area contributed by atoms with Crippen molar-refractivity contribution in [2.75, 3.05) is 6.54 Å². The van der Waals surface area contributed by atoms with Crippen LogP contribution in [0, 0.1) is 11.3 Å². The number of hydrogen-bond acceptors (Lipinski definition) is 5. The van der Waals surface area contributed by atoms with E-state index >= 15 is 0 Å². The van der Waals surface area contributed by atoms with Crippen LogP contribution in [0.3, 0.4) is 0 Å². The highest BCUT2D eigenvalue weighted by Crippen LogP contribution is 2.06. The summed E-state index contributed by atoms with van der Waals surface area (Å²) >= 11 is 0. The molecule has 0 aromatic heterocycles. The monoisotopic (exact) mass is 240 g/mol. The van der Waals surface area contributed by atoms with Gasteiger partial charge in [-0.2, -0.15) is 5.26 Å². The van der Waals surface area contributed by atoms with E-state index in [1.165, 1.54) is 0 Å². The van der Waals surface area contributed by atoms with Crippen molar-refractivity contribution in [2.24, 2.45) is 0 Å². The molecular formula is C12H20N2O3. The van der Waals surface area contributed by atoms with E-state index < -0.39 is 0 Å². The van der Waals surface area contributed by atoms with Gasteiger partial charge >= 0.3 is 0 Å². The van der Waals surface area contributed by atoms with E-state index in [0.717, 1.165) is 19.4 Å². The van der Waals surface area contributed by atoms with Crippen molar-refractivity contribution in [3.63, 3.8) is 0 Å². The zero-order chi connectivity index (χ0) is 13.3. The van der Waals surface area contributed by atoms with Crippen LogP contribution >= 0.6 is 0 Å². The number of nitrogens with one attached hydrogen (secondary N) is 1. The Morgan fingerprint density at radius 1 is 1.59 bits per heavy atom. The predicted molar refractivity (Wildman–Crippen MR) is 63.2 cm³/mol. The maximum Gasteiger partial charge on any atom is 0.293 e. The molecule has 0 aliphatic carbocycles. The first kappa shape index (κ1) is 15.6. The van der Waals surface area contributed by atoms with Crippen LogP contribution in [-0.2, 0) is 14.3 Å². The van der Waals surface area contributed by atoms with E-state index in [4.69, 9.17) is 5.26 Å². The number of nitrogens with zero attached hydrogens (tertiary/aromatic N) is 1. The number of nitriles is 1. The van der Waals surface area contributed by atoms with Crippen molar-refractivity contribution in [3.05, 3.63) is 0 Å². The molecule has 96 valence electrons. The van der Waals surface area contributed by atoms with Crippen LogP contribution in [0.1, 0.15) is 40.0 Å². The van der Waals surface area contributed by atoms with Gasteiger partial charge in [-0.05, 0) is 40.2 Å². The first-order valence-corrected chi connectivity index (χ1v) is 5.65. The fraction of sp³-hybridized carbons (Fsp3) is 0.750. The molecule has 1 fully saturated rings. The van der Waals surface area contributed by atoms with Gasteiger partial charge in [0.25, 0.3) is 6.47 Å². The Labute approximate surface area is 102 Å². The number of carbonyl (C=O) groups is 2. The number of ketones is 1. The first-order valence-electron chi connectivity index (χ1n) is 5.65. The van der Waals surface area contributed by atoms with E-state index in [1.54, 1.807) is 0 Å². The van der Waals surface area contributed by atoms with Gasteiger partial charge in [0.1, 0.15) is 5.60 Å². The molecule has 0 aromatic carbocycles. The van der Waals surface area contributed by atoms with E-state index in [-0.39, 0.29) is 23.8 Å². The topological polar surface area (TPSA) is 79.2 Å². The molecule has 5 heteroatoms. The van der Waals surface area contributed by atoms with Crippen LogP contribution in [0.15, 0.2) is 0 Å². The largest absolute Gasteiger partial charge is 0.462 e. The molecule has 0 saturated carbocycles.